The van der Waals surface area contributed by atoms with Crippen LogP contribution < -0.4 is 0 Å². The number of H-pyrrole nitrogens is 1. The van der Waals surface area contributed by atoms with Crippen molar-refractivity contribution in [2.24, 2.45) is 5.92 Å². The molecule has 4 rings (SSSR count). The van der Waals surface area contributed by atoms with Gasteiger partial charge in [-0.1, -0.05) is 19.3 Å². The molecule has 3 aromatic rings. The predicted molar refractivity (Wildman–Crippen MR) is 81.7 cm³/mol. The van der Waals surface area contributed by atoms with Gasteiger partial charge in [0.2, 0.25) is 0 Å². The molecule has 6 heteroatoms. The molecule has 110 valence electrons. The van der Waals surface area contributed by atoms with Crippen molar-refractivity contribution in [3.05, 3.63) is 30.9 Å². The summed E-state index contributed by atoms with van der Waals surface area (Å²) < 4.78 is 1.78. The summed E-state index contributed by atoms with van der Waals surface area (Å²) in [6.45, 7) is 0. The molecule has 0 aromatic carbocycles. The molecule has 0 aliphatic heterocycles. The van der Waals surface area contributed by atoms with Gasteiger partial charge in [0, 0.05) is 28.9 Å². The second-order valence-electron chi connectivity index (χ2n) is 5.88. The predicted octanol–water partition coefficient (Wildman–Crippen LogP) is 3.08. The number of nitrogens with one attached hydrogen (secondary N) is 1. The summed E-state index contributed by atoms with van der Waals surface area (Å²) in [5, 5.41) is 22.9. The summed E-state index contributed by atoms with van der Waals surface area (Å²) in [6.07, 6.45) is 12.0. The van der Waals surface area contributed by atoms with Gasteiger partial charge in [-0.15, -0.1) is 5.10 Å². The van der Waals surface area contributed by atoms with Crippen molar-refractivity contribution in [3.63, 3.8) is 0 Å². The Kier molecular flexibility index (Phi) is 3.11. The number of aromatic amines is 1. The van der Waals surface area contributed by atoms with E-state index in [0.29, 0.717) is 5.92 Å². The lowest BCUT2D eigenvalue weighted by Crippen LogP contribution is -2.18. The van der Waals surface area contributed by atoms with E-state index >= 15 is 0 Å². The lowest BCUT2D eigenvalue weighted by atomic mass is 9.81. The van der Waals surface area contributed by atoms with Gasteiger partial charge in [-0.3, -0.25) is 4.68 Å². The number of nitrogens with zero attached hydrogens (tertiary/aromatic N) is 5. The number of hydrogen-bond acceptors (Lipinski definition) is 4. The summed E-state index contributed by atoms with van der Waals surface area (Å²) >= 11 is 0. The number of aromatic nitrogens is 5. The van der Waals surface area contributed by atoms with Gasteiger partial charge in [0.05, 0.1) is 18.5 Å². The Morgan fingerprint density at radius 2 is 2.32 bits per heavy atom. The fourth-order valence-electron chi connectivity index (χ4n) is 3.02. The van der Waals surface area contributed by atoms with Gasteiger partial charge in [0.25, 0.3) is 0 Å². The third kappa shape index (κ3) is 2.15. The van der Waals surface area contributed by atoms with E-state index in [-0.39, 0.29) is 6.04 Å². The molecule has 1 atom stereocenters. The maximum Gasteiger partial charge on any atom is 0.160 e. The number of nitriles is 1. The van der Waals surface area contributed by atoms with Gasteiger partial charge in [-0.05, 0) is 18.4 Å². The van der Waals surface area contributed by atoms with Gasteiger partial charge in [0.15, 0.2) is 5.65 Å². The van der Waals surface area contributed by atoms with Crippen molar-refractivity contribution < 1.29 is 0 Å². The van der Waals surface area contributed by atoms with Crippen LogP contribution in [0.2, 0.25) is 0 Å². The minimum Gasteiger partial charge on any atom is -0.345 e. The SMILES string of the molecule is N#CC(CC1CCC1)n1cc(-c2cnnc3[nH]ccc23)cn1. The first kappa shape index (κ1) is 13.0. The van der Waals surface area contributed by atoms with Crippen LogP contribution in [0.1, 0.15) is 31.7 Å². The first-order valence-electron chi connectivity index (χ1n) is 7.58. The van der Waals surface area contributed by atoms with Crippen molar-refractivity contribution in [2.75, 3.05) is 0 Å². The van der Waals surface area contributed by atoms with Crippen LogP contribution in [0.5, 0.6) is 0 Å². The lowest BCUT2D eigenvalue weighted by molar-refractivity contribution is 0.264. The van der Waals surface area contributed by atoms with E-state index in [4.69, 9.17) is 0 Å². The normalized spacial score (nSPS) is 16.3. The highest BCUT2D eigenvalue weighted by molar-refractivity contribution is 5.91. The Bertz CT molecular complexity index is 836. The molecule has 0 amide bonds. The molecule has 1 fully saturated rings. The highest BCUT2D eigenvalue weighted by atomic mass is 15.3. The molecule has 0 saturated heterocycles. The Hall–Kier alpha value is -2.68. The quantitative estimate of drug-likeness (QED) is 0.801. The molecule has 0 radical (unpaired) electrons. The summed E-state index contributed by atoms with van der Waals surface area (Å²) in [4.78, 5) is 3.06. The molecular formula is C16H16N6. The summed E-state index contributed by atoms with van der Waals surface area (Å²) in [7, 11) is 0. The highest BCUT2D eigenvalue weighted by Gasteiger charge is 2.23. The van der Waals surface area contributed by atoms with Gasteiger partial charge >= 0.3 is 0 Å². The van der Waals surface area contributed by atoms with Crippen molar-refractivity contribution in [3.8, 4) is 17.2 Å². The van der Waals surface area contributed by atoms with Crippen molar-refractivity contribution in [1.29, 1.82) is 5.26 Å². The summed E-state index contributed by atoms with van der Waals surface area (Å²) in [6, 6.07) is 4.18. The average molecular weight is 292 g/mol. The fourth-order valence-corrected chi connectivity index (χ4v) is 3.02. The van der Waals surface area contributed by atoms with E-state index < -0.39 is 0 Å². The van der Waals surface area contributed by atoms with Crippen LogP contribution in [-0.4, -0.2) is 25.0 Å². The molecule has 1 N–H and O–H groups in total. The maximum atomic E-state index is 9.43. The monoisotopic (exact) mass is 292 g/mol. The van der Waals surface area contributed by atoms with E-state index in [9.17, 15) is 5.26 Å². The maximum absolute atomic E-state index is 9.43. The standard InChI is InChI=1S/C16H16N6/c17-7-13(6-11-2-1-3-11)22-10-12(8-20-22)15-9-19-21-16-14(15)4-5-18-16/h4-5,8-11,13H,1-3,6H2,(H,18,21). The zero-order valence-electron chi connectivity index (χ0n) is 12.1. The second kappa shape index (κ2) is 5.26. The Morgan fingerprint density at radius 1 is 1.41 bits per heavy atom. The summed E-state index contributed by atoms with van der Waals surface area (Å²) in [5.41, 5.74) is 2.71. The van der Waals surface area contributed by atoms with Crippen LogP contribution in [0.25, 0.3) is 22.2 Å². The van der Waals surface area contributed by atoms with Gasteiger partial charge in [-0.2, -0.15) is 15.5 Å². The van der Waals surface area contributed by atoms with Crippen molar-refractivity contribution >= 4 is 11.0 Å². The van der Waals surface area contributed by atoms with Crippen LogP contribution in [0.3, 0.4) is 0 Å². The molecule has 3 aromatic heterocycles. The fraction of sp³-hybridized carbons (Fsp3) is 0.375. The molecule has 1 unspecified atom stereocenters. The molecule has 6 nitrogen and oxygen atoms in total. The first-order chi connectivity index (χ1) is 10.8. The first-order valence-corrected chi connectivity index (χ1v) is 7.58. The highest BCUT2D eigenvalue weighted by Crippen LogP contribution is 2.34. The van der Waals surface area contributed by atoms with Crippen LogP contribution >= 0.6 is 0 Å². The number of hydrogen-bond donors (Lipinski definition) is 1. The second-order valence-corrected chi connectivity index (χ2v) is 5.88. The Morgan fingerprint density at radius 3 is 3.09 bits per heavy atom. The molecule has 3 heterocycles. The molecule has 1 saturated carbocycles. The van der Waals surface area contributed by atoms with E-state index in [1.54, 1.807) is 17.1 Å². The van der Waals surface area contributed by atoms with E-state index in [0.717, 1.165) is 28.6 Å². The molecule has 0 bridgehead atoms. The molecule has 1 aliphatic carbocycles. The van der Waals surface area contributed by atoms with Crippen molar-refractivity contribution in [1.82, 2.24) is 25.0 Å². The van der Waals surface area contributed by atoms with E-state index in [2.05, 4.69) is 26.3 Å². The molecular weight excluding hydrogens is 276 g/mol. The topological polar surface area (TPSA) is 83.2 Å². The molecule has 22 heavy (non-hydrogen) atoms. The van der Waals surface area contributed by atoms with E-state index in [1.165, 1.54) is 19.3 Å². The number of fused-ring (bicyclic) bond motifs is 1. The number of rotatable bonds is 4. The zero-order valence-corrected chi connectivity index (χ0v) is 12.1. The third-order valence-corrected chi connectivity index (χ3v) is 4.52. The smallest absolute Gasteiger partial charge is 0.160 e. The minimum atomic E-state index is -0.185. The molecule has 1 aliphatic rings. The van der Waals surface area contributed by atoms with Gasteiger partial charge < -0.3 is 4.98 Å². The zero-order chi connectivity index (χ0) is 14.9. The van der Waals surface area contributed by atoms with Gasteiger partial charge in [0.1, 0.15) is 6.04 Å². The summed E-state index contributed by atoms with van der Waals surface area (Å²) in [5.74, 6) is 0.677. The Balaban J connectivity index is 1.65. The lowest BCUT2D eigenvalue weighted by Gasteiger charge is -2.27. The van der Waals surface area contributed by atoms with Gasteiger partial charge in [-0.25, -0.2) is 0 Å². The largest absolute Gasteiger partial charge is 0.345 e. The van der Waals surface area contributed by atoms with Crippen LogP contribution in [0, 0.1) is 17.2 Å². The van der Waals surface area contributed by atoms with Crippen LogP contribution in [0.4, 0.5) is 0 Å². The average Bonchev–Trinajstić information content (AvgIpc) is 3.15. The van der Waals surface area contributed by atoms with Crippen LogP contribution in [-0.2, 0) is 0 Å². The third-order valence-electron chi connectivity index (χ3n) is 4.52. The Labute approximate surface area is 127 Å². The molecule has 0 spiro atoms. The minimum absolute atomic E-state index is 0.185. The van der Waals surface area contributed by atoms with Crippen LogP contribution in [0.15, 0.2) is 30.9 Å². The van der Waals surface area contributed by atoms with Crippen molar-refractivity contribution in [2.45, 2.75) is 31.7 Å². The van der Waals surface area contributed by atoms with E-state index in [1.807, 2.05) is 18.5 Å².